The fourth-order valence-corrected chi connectivity index (χ4v) is 6.04. The molecule has 2 aliphatic rings. The van der Waals surface area contributed by atoms with Crippen LogP contribution in [0.2, 0.25) is 0 Å². The number of aromatic amines is 1. The third-order valence-electron chi connectivity index (χ3n) is 7.42. The molecule has 11 heteroatoms. The first-order valence-electron chi connectivity index (χ1n) is 13.9. The van der Waals surface area contributed by atoms with Crippen LogP contribution in [-0.2, 0) is 38.4 Å². The monoisotopic (exact) mass is 575 g/mol. The van der Waals surface area contributed by atoms with Crippen LogP contribution in [0.15, 0.2) is 58.5 Å². The number of hydrogen-bond acceptors (Lipinski definition) is 8. The molecule has 0 fully saturated rings. The Bertz CT molecular complexity index is 1480. The number of benzene rings is 2. The summed E-state index contributed by atoms with van der Waals surface area (Å²) in [6.07, 6.45) is 5.64. The molecular weight excluding hydrogens is 542 g/mol. The minimum atomic E-state index is -0.607. The number of fused-ring (bicyclic) bond motifs is 2. The predicted molar refractivity (Wildman–Crippen MR) is 153 cm³/mol. The van der Waals surface area contributed by atoms with E-state index in [0.717, 1.165) is 61.4 Å². The van der Waals surface area contributed by atoms with Crippen LogP contribution in [0, 0.1) is 0 Å². The highest BCUT2D eigenvalue weighted by Crippen LogP contribution is 2.30. The lowest BCUT2D eigenvalue weighted by atomic mass is 9.88. The van der Waals surface area contributed by atoms with E-state index >= 15 is 0 Å². The smallest absolute Gasteiger partial charge is 0.306 e. The summed E-state index contributed by atoms with van der Waals surface area (Å²) in [7, 11) is 0. The molecule has 0 aliphatic heterocycles. The number of nitrogens with one attached hydrogen (secondary N) is 3. The van der Waals surface area contributed by atoms with Crippen LogP contribution in [0.25, 0.3) is 0 Å². The highest BCUT2D eigenvalue weighted by Gasteiger charge is 2.23. The molecule has 2 amide bonds. The number of hydrogen-bond donors (Lipinski definition) is 3. The zero-order valence-electron chi connectivity index (χ0n) is 22.7. The van der Waals surface area contributed by atoms with E-state index in [4.69, 9.17) is 4.74 Å². The highest BCUT2D eigenvalue weighted by molar-refractivity contribution is 7.99. The van der Waals surface area contributed by atoms with E-state index in [0.29, 0.717) is 0 Å². The van der Waals surface area contributed by atoms with E-state index in [-0.39, 0.29) is 59.9 Å². The van der Waals surface area contributed by atoms with Gasteiger partial charge in [0.05, 0.1) is 24.3 Å². The molecule has 2 unspecified atom stereocenters. The minimum Gasteiger partial charge on any atom is -0.456 e. The second-order valence-corrected chi connectivity index (χ2v) is 11.2. The fraction of sp³-hybridized carbons (Fsp3) is 0.400. The maximum atomic E-state index is 12.5. The Balaban J connectivity index is 1.03. The zero-order valence-corrected chi connectivity index (χ0v) is 23.5. The summed E-state index contributed by atoms with van der Waals surface area (Å²) in [5, 5.41) is 14.2. The Kier molecular flexibility index (Phi) is 9.45. The molecule has 0 spiro atoms. The van der Waals surface area contributed by atoms with E-state index in [2.05, 4.69) is 44.0 Å². The van der Waals surface area contributed by atoms with Crippen molar-refractivity contribution in [2.45, 2.75) is 68.6 Å². The van der Waals surface area contributed by atoms with Crippen LogP contribution in [-0.4, -0.2) is 45.3 Å². The molecule has 5 rings (SSSR count). The largest absolute Gasteiger partial charge is 0.456 e. The van der Waals surface area contributed by atoms with Gasteiger partial charge in [-0.05, 0) is 60.8 Å². The Labute approximate surface area is 242 Å². The highest BCUT2D eigenvalue weighted by atomic mass is 32.2. The second kappa shape index (κ2) is 13.6. The first kappa shape index (κ1) is 28.5. The van der Waals surface area contributed by atoms with E-state index < -0.39 is 11.5 Å². The van der Waals surface area contributed by atoms with Crippen molar-refractivity contribution in [1.29, 1.82) is 0 Å². The molecule has 1 heterocycles. The van der Waals surface area contributed by atoms with Gasteiger partial charge in [0.1, 0.15) is 5.69 Å². The molecule has 214 valence electrons. The standard InChI is InChI=1S/C30H33N5O5S/c36-26(31-23-13-5-9-19-7-1-3-11-21(19)23)17-40-28(38)16-15-25-29(39)33-30(35-34-25)41-18-27(37)32-24-14-6-10-20-8-2-4-12-22(20)24/h1-4,7-8,11-12,23-24H,5-6,9-10,13-18H2,(H,31,36)(H,32,37)(H,33,35,39). The number of nitrogens with zero attached hydrogens (tertiary/aromatic N) is 2. The van der Waals surface area contributed by atoms with Gasteiger partial charge in [0.15, 0.2) is 11.8 Å². The molecule has 41 heavy (non-hydrogen) atoms. The molecule has 1 aromatic heterocycles. The van der Waals surface area contributed by atoms with Crippen molar-refractivity contribution in [1.82, 2.24) is 25.8 Å². The molecule has 0 radical (unpaired) electrons. The van der Waals surface area contributed by atoms with Gasteiger partial charge < -0.3 is 15.4 Å². The van der Waals surface area contributed by atoms with E-state index in [1.165, 1.54) is 11.1 Å². The summed E-state index contributed by atoms with van der Waals surface area (Å²) in [5.41, 5.74) is 4.35. The van der Waals surface area contributed by atoms with Crippen molar-refractivity contribution in [3.05, 3.63) is 86.8 Å². The summed E-state index contributed by atoms with van der Waals surface area (Å²) in [6.45, 7) is -0.385. The first-order chi connectivity index (χ1) is 20.0. The fourth-order valence-electron chi connectivity index (χ4n) is 5.43. The van der Waals surface area contributed by atoms with Crippen LogP contribution in [0.4, 0.5) is 0 Å². The summed E-state index contributed by atoms with van der Waals surface area (Å²) in [5.74, 6) is -1.03. The van der Waals surface area contributed by atoms with Gasteiger partial charge in [-0.1, -0.05) is 60.3 Å². The molecule has 2 atom stereocenters. The van der Waals surface area contributed by atoms with Crippen LogP contribution in [0.1, 0.15) is 72.1 Å². The summed E-state index contributed by atoms with van der Waals surface area (Å²) >= 11 is 1.09. The number of rotatable bonds is 10. The number of ether oxygens (including phenoxy) is 1. The van der Waals surface area contributed by atoms with Crippen molar-refractivity contribution in [2.24, 2.45) is 0 Å². The second-order valence-electron chi connectivity index (χ2n) is 10.3. The maximum Gasteiger partial charge on any atom is 0.306 e. The summed E-state index contributed by atoms with van der Waals surface area (Å²) in [4.78, 5) is 52.2. The quantitative estimate of drug-likeness (QED) is 0.247. The number of thioether (sulfide) groups is 1. The average molecular weight is 576 g/mol. The number of aryl methyl sites for hydroxylation is 3. The van der Waals surface area contributed by atoms with Crippen molar-refractivity contribution in [3.63, 3.8) is 0 Å². The van der Waals surface area contributed by atoms with E-state index in [9.17, 15) is 19.2 Å². The Morgan fingerprint density at radius 2 is 1.49 bits per heavy atom. The van der Waals surface area contributed by atoms with Crippen molar-refractivity contribution in [3.8, 4) is 0 Å². The Hall–Kier alpha value is -3.99. The van der Waals surface area contributed by atoms with E-state index in [1.807, 2.05) is 30.3 Å². The van der Waals surface area contributed by atoms with Gasteiger partial charge in [-0.2, -0.15) is 0 Å². The van der Waals surface area contributed by atoms with Crippen LogP contribution in [0.5, 0.6) is 0 Å². The molecule has 10 nitrogen and oxygen atoms in total. The predicted octanol–water partition coefficient (Wildman–Crippen LogP) is 3.12. The van der Waals surface area contributed by atoms with Crippen LogP contribution < -0.4 is 16.2 Å². The minimum absolute atomic E-state index is 0.0182. The molecular formula is C30H33N5O5S. The number of carbonyl (C=O) groups is 3. The molecule has 2 aromatic carbocycles. The molecule has 0 saturated carbocycles. The summed E-state index contributed by atoms with van der Waals surface area (Å²) < 4.78 is 5.11. The lowest BCUT2D eigenvalue weighted by Crippen LogP contribution is -2.34. The van der Waals surface area contributed by atoms with Gasteiger partial charge in [-0.25, -0.2) is 0 Å². The van der Waals surface area contributed by atoms with Crippen LogP contribution in [0.3, 0.4) is 0 Å². The lowest BCUT2D eigenvalue weighted by Gasteiger charge is -2.26. The van der Waals surface area contributed by atoms with E-state index in [1.54, 1.807) is 0 Å². The average Bonchev–Trinajstić information content (AvgIpc) is 2.99. The normalized spacial score (nSPS) is 17.6. The number of H-pyrrole nitrogens is 1. The van der Waals surface area contributed by atoms with Crippen LogP contribution >= 0.6 is 11.8 Å². The number of esters is 1. The maximum absolute atomic E-state index is 12.5. The van der Waals surface area contributed by atoms with Gasteiger partial charge >= 0.3 is 5.97 Å². The van der Waals surface area contributed by atoms with Gasteiger partial charge in [-0.3, -0.25) is 24.2 Å². The number of carbonyl (C=O) groups excluding carboxylic acids is 3. The molecule has 2 aliphatic carbocycles. The Morgan fingerprint density at radius 1 is 0.878 bits per heavy atom. The SMILES string of the molecule is O=C(COC(=O)CCc1nnc(SCC(=O)NC2CCCc3ccccc32)[nH]c1=O)NC1CCCc2ccccc21. The number of aromatic nitrogens is 3. The molecule has 0 saturated heterocycles. The van der Waals surface area contributed by atoms with Crippen molar-refractivity contribution in [2.75, 3.05) is 12.4 Å². The van der Waals surface area contributed by atoms with Gasteiger partial charge in [0.2, 0.25) is 5.91 Å². The first-order valence-corrected chi connectivity index (χ1v) is 14.9. The molecule has 3 N–H and O–H groups in total. The van der Waals surface area contributed by atoms with Gasteiger partial charge in [-0.15, -0.1) is 10.2 Å². The third-order valence-corrected chi connectivity index (χ3v) is 8.29. The third kappa shape index (κ3) is 7.60. The van der Waals surface area contributed by atoms with Crippen molar-refractivity contribution < 1.29 is 19.1 Å². The Morgan fingerprint density at radius 3 is 2.12 bits per heavy atom. The topological polar surface area (TPSA) is 143 Å². The summed E-state index contributed by atoms with van der Waals surface area (Å²) in [6, 6.07) is 16.0. The zero-order chi connectivity index (χ0) is 28.6. The lowest BCUT2D eigenvalue weighted by molar-refractivity contribution is -0.148. The van der Waals surface area contributed by atoms with Gasteiger partial charge in [0, 0.05) is 6.42 Å². The molecule has 0 bridgehead atoms. The van der Waals surface area contributed by atoms with Crippen molar-refractivity contribution >= 4 is 29.5 Å². The molecule has 3 aromatic rings. The van der Waals surface area contributed by atoms with Gasteiger partial charge in [0.25, 0.3) is 11.5 Å². The number of amides is 2.